The maximum Gasteiger partial charge on any atom is 0.179 e. The number of hydrogen-bond donors (Lipinski definition) is 0. The van der Waals surface area contributed by atoms with E-state index in [1.165, 1.54) is 11.1 Å². The van der Waals surface area contributed by atoms with E-state index in [9.17, 15) is 0 Å². The molecule has 5 heteroatoms. The lowest BCUT2D eigenvalue weighted by molar-refractivity contribution is 0.478. The maximum absolute atomic E-state index is 5.05. The summed E-state index contributed by atoms with van der Waals surface area (Å²) in [5.74, 6) is 0.609. The summed E-state index contributed by atoms with van der Waals surface area (Å²) < 4.78 is 0. The molecule has 7 rings (SSSR count). The summed E-state index contributed by atoms with van der Waals surface area (Å²) in [5.41, 5.74) is 12.7. The molecule has 0 radical (unpaired) electrons. The molecule has 0 saturated carbocycles. The van der Waals surface area contributed by atoms with Crippen LogP contribution in [0.25, 0.3) is 39.6 Å². The summed E-state index contributed by atoms with van der Waals surface area (Å²) in [4.78, 5) is 24.0. The lowest BCUT2D eigenvalue weighted by atomic mass is 9.70. The molecule has 0 N–H and O–H groups in total. The second kappa shape index (κ2) is 16.6. The average Bonchev–Trinajstić information content (AvgIpc) is 3.25. The van der Waals surface area contributed by atoms with Crippen LogP contribution < -0.4 is 0 Å². The van der Waals surface area contributed by atoms with Gasteiger partial charge in [0.1, 0.15) is 5.69 Å². The Labute approximate surface area is 319 Å². The van der Waals surface area contributed by atoms with Crippen molar-refractivity contribution in [1.82, 2.24) is 19.9 Å². The minimum atomic E-state index is -0.152. The van der Waals surface area contributed by atoms with E-state index < -0.39 is 0 Å². The number of benzene rings is 3. The predicted octanol–water partition coefficient (Wildman–Crippen LogP) is 12.1. The Kier molecular flexibility index (Phi) is 11.1. The normalized spacial score (nSPS) is 13.4. The zero-order valence-electron chi connectivity index (χ0n) is 31.3. The highest BCUT2D eigenvalue weighted by atomic mass is 14.9. The van der Waals surface area contributed by atoms with Crippen LogP contribution in [0.1, 0.15) is 68.8 Å². The summed E-state index contributed by atoms with van der Waals surface area (Å²) in [7, 11) is 0. The van der Waals surface area contributed by atoms with Crippen LogP contribution in [0, 0.1) is 0 Å². The highest BCUT2D eigenvalue weighted by molar-refractivity contribution is 5.98. The van der Waals surface area contributed by atoms with E-state index >= 15 is 0 Å². The van der Waals surface area contributed by atoms with E-state index in [4.69, 9.17) is 15.0 Å². The molecule has 0 atom stereocenters. The number of aliphatic imine (C=N–C) groups is 1. The van der Waals surface area contributed by atoms with Crippen molar-refractivity contribution in [2.45, 2.75) is 51.9 Å². The molecule has 0 unspecified atom stereocenters. The molecular weight excluding hydrogens is 659 g/mol. The number of rotatable bonds is 12. The average molecular weight is 704 g/mol. The Morgan fingerprint density at radius 1 is 0.704 bits per heavy atom. The number of nitrogens with zero attached hydrogens (tertiary/aromatic N) is 5. The number of pyridine rings is 2. The summed E-state index contributed by atoms with van der Waals surface area (Å²) in [5, 5.41) is 0. The second-order valence-corrected chi connectivity index (χ2v) is 13.6. The highest BCUT2D eigenvalue weighted by Gasteiger charge is 2.30. The van der Waals surface area contributed by atoms with Gasteiger partial charge in [0.2, 0.25) is 0 Å². The van der Waals surface area contributed by atoms with Gasteiger partial charge in [-0.25, -0.2) is 9.97 Å². The Hall–Kier alpha value is -6.33. The topological polar surface area (TPSA) is 63.9 Å². The van der Waals surface area contributed by atoms with E-state index in [-0.39, 0.29) is 5.41 Å². The quantitative estimate of drug-likeness (QED) is 0.0940. The third-order valence-electron chi connectivity index (χ3n) is 10.4. The third-order valence-corrected chi connectivity index (χ3v) is 10.4. The van der Waals surface area contributed by atoms with Gasteiger partial charge in [0.25, 0.3) is 0 Å². The maximum atomic E-state index is 5.05. The molecule has 1 aliphatic carbocycles. The summed E-state index contributed by atoms with van der Waals surface area (Å²) in [6.07, 6.45) is 16.3. The van der Waals surface area contributed by atoms with Crippen molar-refractivity contribution in [1.29, 1.82) is 0 Å². The van der Waals surface area contributed by atoms with Gasteiger partial charge in [-0.2, -0.15) is 0 Å². The number of allylic oxidation sites excluding steroid dienone is 5. The van der Waals surface area contributed by atoms with Crippen LogP contribution in [-0.2, 0) is 5.41 Å². The molecule has 3 aromatic carbocycles. The first kappa shape index (κ1) is 36.0. The Morgan fingerprint density at radius 3 is 1.93 bits per heavy atom. The van der Waals surface area contributed by atoms with E-state index in [1.54, 1.807) is 12.4 Å². The first-order valence-electron chi connectivity index (χ1n) is 18.8. The molecule has 3 aromatic heterocycles. The van der Waals surface area contributed by atoms with Gasteiger partial charge in [0.15, 0.2) is 5.82 Å². The molecular formula is C49H45N5. The van der Waals surface area contributed by atoms with Crippen LogP contribution in [0.4, 0.5) is 0 Å². The number of hydrogen-bond acceptors (Lipinski definition) is 5. The minimum absolute atomic E-state index is 0.152. The largest absolute Gasteiger partial charge is 0.255 e. The number of aromatic nitrogens is 4. The first-order chi connectivity index (χ1) is 26.5. The van der Waals surface area contributed by atoms with Gasteiger partial charge in [-0.3, -0.25) is 15.0 Å². The van der Waals surface area contributed by atoms with Gasteiger partial charge in [-0.05, 0) is 96.9 Å². The van der Waals surface area contributed by atoms with Crippen molar-refractivity contribution >= 4 is 11.3 Å². The fraction of sp³-hybridized carbons (Fsp3) is 0.163. The van der Waals surface area contributed by atoms with Gasteiger partial charge in [0.05, 0.1) is 28.5 Å². The molecule has 0 spiro atoms. The lowest BCUT2D eigenvalue weighted by Crippen LogP contribution is -2.26. The van der Waals surface area contributed by atoms with E-state index in [2.05, 4.69) is 121 Å². The van der Waals surface area contributed by atoms with Crippen LogP contribution in [0.2, 0.25) is 0 Å². The predicted molar refractivity (Wildman–Crippen MR) is 224 cm³/mol. The second-order valence-electron chi connectivity index (χ2n) is 13.6. The van der Waals surface area contributed by atoms with E-state index in [0.717, 1.165) is 87.7 Å². The monoisotopic (exact) mass is 703 g/mol. The summed E-state index contributed by atoms with van der Waals surface area (Å²) in [6.45, 7) is 11.1. The first-order valence-corrected chi connectivity index (χ1v) is 18.8. The van der Waals surface area contributed by atoms with Crippen molar-refractivity contribution in [2.75, 3.05) is 0 Å². The van der Waals surface area contributed by atoms with Gasteiger partial charge >= 0.3 is 0 Å². The van der Waals surface area contributed by atoms with Gasteiger partial charge in [0, 0.05) is 28.9 Å². The van der Waals surface area contributed by atoms with Gasteiger partial charge < -0.3 is 0 Å². The molecule has 54 heavy (non-hydrogen) atoms. The van der Waals surface area contributed by atoms with Crippen LogP contribution in [0.5, 0.6) is 0 Å². The fourth-order valence-electron chi connectivity index (χ4n) is 7.20. The molecule has 3 heterocycles. The molecule has 6 aromatic rings. The molecule has 0 bridgehead atoms. The molecule has 0 saturated heterocycles. The molecule has 0 amide bonds. The van der Waals surface area contributed by atoms with Crippen LogP contribution >= 0.6 is 0 Å². The van der Waals surface area contributed by atoms with Crippen LogP contribution in [0.15, 0.2) is 181 Å². The fourth-order valence-corrected chi connectivity index (χ4v) is 7.20. The molecule has 0 fully saturated rings. The van der Waals surface area contributed by atoms with Crippen molar-refractivity contribution in [3.63, 3.8) is 0 Å². The van der Waals surface area contributed by atoms with E-state index in [0.29, 0.717) is 5.82 Å². The lowest BCUT2D eigenvalue weighted by Gasteiger charge is -2.33. The summed E-state index contributed by atoms with van der Waals surface area (Å²) in [6, 6.07) is 41.9. The zero-order valence-corrected chi connectivity index (χ0v) is 31.3. The third kappa shape index (κ3) is 7.86. The van der Waals surface area contributed by atoms with Crippen LogP contribution in [0.3, 0.4) is 0 Å². The zero-order chi connectivity index (χ0) is 37.3. The Balaban J connectivity index is 1.18. The van der Waals surface area contributed by atoms with Crippen molar-refractivity contribution in [3.05, 3.63) is 198 Å². The molecule has 5 nitrogen and oxygen atoms in total. The Morgan fingerprint density at radius 2 is 1.33 bits per heavy atom. The highest BCUT2D eigenvalue weighted by Crippen LogP contribution is 2.40. The minimum Gasteiger partial charge on any atom is -0.255 e. The SMILES string of the molecule is C=C(/C=C(\N=C(/C)c1ccccn1)C1=CCCC=C1)c1ccc(C(CC)(CC)c2ccc(-c3cc(-c4ccccc4)nc(-c4ccccn4)n3)cc2)cc1. The van der Waals surface area contributed by atoms with Crippen molar-refractivity contribution < 1.29 is 0 Å². The van der Waals surface area contributed by atoms with Gasteiger partial charge in [-0.1, -0.05) is 130 Å². The molecule has 1 aliphatic rings. The molecule has 266 valence electrons. The Bertz CT molecular complexity index is 2270. The molecule has 0 aliphatic heterocycles. The van der Waals surface area contributed by atoms with Crippen LogP contribution in [-0.4, -0.2) is 25.6 Å². The smallest absolute Gasteiger partial charge is 0.179 e. The van der Waals surface area contributed by atoms with Crippen molar-refractivity contribution in [3.8, 4) is 34.0 Å². The standard InChI is InChI=1S/C49H45N5/c1-5-49(6-2,41-27-23-37(24-28-41)35(3)33-45(38-17-9-7-10-18-38)52-36(4)43-21-13-15-31-50-43)42-29-25-40(26-30-42)47-34-46(39-19-11-8-12-20-39)53-48(54-47)44-22-14-16-32-51-44/h8-9,11-34H,3,5-7,10H2,1-2,4H3/b45-33-,52-36+. The van der Waals surface area contributed by atoms with Gasteiger partial charge in [-0.15, -0.1) is 0 Å². The van der Waals surface area contributed by atoms with E-state index in [1.807, 2.05) is 61.5 Å². The van der Waals surface area contributed by atoms with Crippen molar-refractivity contribution in [2.24, 2.45) is 4.99 Å². The summed E-state index contributed by atoms with van der Waals surface area (Å²) >= 11 is 0.